The molecule has 0 bridgehead atoms. The molecule has 1 amide bonds. The van der Waals surface area contributed by atoms with Crippen molar-refractivity contribution in [1.29, 1.82) is 0 Å². The predicted octanol–water partition coefficient (Wildman–Crippen LogP) is 1.10. The average molecular weight is 334 g/mol. The van der Waals surface area contributed by atoms with Gasteiger partial charge in [0.2, 0.25) is 5.91 Å². The van der Waals surface area contributed by atoms with Crippen LogP contribution in [0.5, 0.6) is 0 Å². The first-order valence-corrected chi connectivity index (χ1v) is 8.35. The Labute approximate surface area is 141 Å². The zero-order valence-electron chi connectivity index (χ0n) is 14.7. The van der Waals surface area contributed by atoms with Gasteiger partial charge in [-0.05, 0) is 31.7 Å². The van der Waals surface area contributed by atoms with Gasteiger partial charge in [-0.3, -0.25) is 14.7 Å². The summed E-state index contributed by atoms with van der Waals surface area (Å²) < 4.78 is 1.65. The van der Waals surface area contributed by atoms with Crippen LogP contribution in [0.25, 0.3) is 5.65 Å². The number of hydrogen-bond donors (Lipinski definition) is 3. The first-order valence-electron chi connectivity index (χ1n) is 8.35. The molecule has 7 nitrogen and oxygen atoms in total. The Kier molecular flexibility index (Phi) is 5.77. The third-order valence-electron chi connectivity index (χ3n) is 4.68. The van der Waals surface area contributed by atoms with E-state index in [9.17, 15) is 14.7 Å². The fourth-order valence-corrected chi connectivity index (χ4v) is 2.89. The third kappa shape index (κ3) is 3.84. The number of rotatable bonds is 7. The normalized spacial score (nSPS) is 13.9. The van der Waals surface area contributed by atoms with Gasteiger partial charge >= 0.3 is 0 Å². The van der Waals surface area contributed by atoms with Gasteiger partial charge in [-0.25, -0.2) is 9.50 Å². The molecule has 0 unspecified atom stereocenters. The smallest absolute Gasteiger partial charge is 0.266 e. The number of H-pyrrole nitrogens is 1. The van der Waals surface area contributed by atoms with E-state index in [1.54, 1.807) is 4.52 Å². The summed E-state index contributed by atoms with van der Waals surface area (Å²) in [6.07, 6.45) is 1.74. The number of aromatic nitrogens is 3. The van der Waals surface area contributed by atoms with E-state index in [2.05, 4.69) is 15.4 Å². The summed E-state index contributed by atoms with van der Waals surface area (Å²) in [6.45, 7) is 7.77. The van der Waals surface area contributed by atoms with Crippen LogP contribution in [0.15, 0.2) is 10.9 Å². The number of nitrogens with zero attached hydrogens (tertiary/aromatic N) is 2. The number of nitrogens with one attached hydrogen (secondary N) is 2. The number of carbonyl (C=O) groups excluding carboxylic acids is 1. The maximum Gasteiger partial charge on any atom is 0.266 e. The number of hydrogen-bond acceptors (Lipinski definition) is 4. The molecule has 132 valence electrons. The molecule has 2 aromatic rings. The summed E-state index contributed by atoms with van der Waals surface area (Å²) in [6, 6.07) is 1.24. The van der Waals surface area contributed by atoms with Gasteiger partial charge in [-0.2, -0.15) is 0 Å². The Morgan fingerprint density at radius 1 is 1.46 bits per heavy atom. The Hall–Kier alpha value is -2.15. The second kappa shape index (κ2) is 7.61. The van der Waals surface area contributed by atoms with Crippen LogP contribution < -0.4 is 10.9 Å². The molecule has 7 heteroatoms. The first-order chi connectivity index (χ1) is 11.4. The van der Waals surface area contributed by atoms with Crippen molar-refractivity contribution in [2.75, 3.05) is 6.61 Å². The van der Waals surface area contributed by atoms with E-state index in [4.69, 9.17) is 0 Å². The summed E-state index contributed by atoms with van der Waals surface area (Å²) in [7, 11) is 0. The van der Waals surface area contributed by atoms with Crippen molar-refractivity contribution < 1.29 is 9.90 Å². The van der Waals surface area contributed by atoms with E-state index in [0.29, 0.717) is 18.5 Å². The molecule has 0 aliphatic heterocycles. The van der Waals surface area contributed by atoms with Gasteiger partial charge in [0.25, 0.3) is 5.56 Å². The van der Waals surface area contributed by atoms with Crippen LogP contribution in [-0.2, 0) is 11.2 Å². The SMILES string of the molecule is CC[C@@H](C)[C@H](CO)NC(=O)CCc1c(C)nc2cc(=O)[nH]n2c1C. The highest BCUT2D eigenvalue weighted by atomic mass is 16.3. The Bertz CT molecular complexity index is 778. The molecule has 3 N–H and O–H groups in total. The number of aliphatic hydroxyl groups is 1. The van der Waals surface area contributed by atoms with Crippen molar-refractivity contribution in [2.24, 2.45) is 5.92 Å². The van der Waals surface area contributed by atoms with E-state index in [1.807, 2.05) is 27.7 Å². The Morgan fingerprint density at radius 2 is 2.17 bits per heavy atom. The fourth-order valence-electron chi connectivity index (χ4n) is 2.89. The standard InChI is InChI=1S/C17H26N4O3/c1-5-10(2)14(9-22)19-16(23)7-6-13-11(3)18-15-8-17(24)20-21(15)12(13)4/h8,10,14,22H,5-7,9H2,1-4H3,(H,19,23)(H,20,24)/t10-,14+/m1/s1. The topological polar surface area (TPSA) is 99.5 Å². The second-order valence-corrected chi connectivity index (χ2v) is 6.32. The quantitative estimate of drug-likeness (QED) is 0.706. The average Bonchev–Trinajstić information content (AvgIpc) is 2.92. The van der Waals surface area contributed by atoms with Crippen LogP contribution in [0.3, 0.4) is 0 Å². The summed E-state index contributed by atoms with van der Waals surface area (Å²) in [4.78, 5) is 28.1. The molecule has 0 aliphatic carbocycles. The molecule has 0 radical (unpaired) electrons. The first kappa shape index (κ1) is 18.2. The van der Waals surface area contributed by atoms with Gasteiger partial charge in [0.1, 0.15) is 0 Å². The van der Waals surface area contributed by atoms with Crippen molar-refractivity contribution in [3.63, 3.8) is 0 Å². The molecule has 2 aromatic heterocycles. The van der Waals surface area contributed by atoms with Crippen molar-refractivity contribution in [1.82, 2.24) is 19.9 Å². The second-order valence-electron chi connectivity index (χ2n) is 6.32. The zero-order chi connectivity index (χ0) is 17.9. The van der Waals surface area contributed by atoms with Crippen LogP contribution >= 0.6 is 0 Å². The highest BCUT2D eigenvalue weighted by molar-refractivity contribution is 5.76. The Morgan fingerprint density at radius 3 is 2.79 bits per heavy atom. The maximum absolute atomic E-state index is 12.2. The lowest BCUT2D eigenvalue weighted by Crippen LogP contribution is -2.42. The monoisotopic (exact) mass is 334 g/mol. The lowest BCUT2D eigenvalue weighted by Gasteiger charge is -2.22. The van der Waals surface area contributed by atoms with Gasteiger partial charge in [0, 0.05) is 23.9 Å². The van der Waals surface area contributed by atoms with Gasteiger partial charge < -0.3 is 10.4 Å². The van der Waals surface area contributed by atoms with Crippen molar-refractivity contribution in [3.8, 4) is 0 Å². The number of aryl methyl sites for hydroxylation is 2. The molecule has 0 saturated carbocycles. The predicted molar refractivity (Wildman–Crippen MR) is 92.1 cm³/mol. The molecule has 0 spiro atoms. The van der Waals surface area contributed by atoms with Gasteiger partial charge in [-0.15, -0.1) is 0 Å². The number of aliphatic hydroxyl groups excluding tert-OH is 1. The summed E-state index contributed by atoms with van der Waals surface area (Å²) >= 11 is 0. The van der Waals surface area contributed by atoms with E-state index >= 15 is 0 Å². The minimum atomic E-state index is -0.217. The molecule has 0 fully saturated rings. The minimum absolute atomic E-state index is 0.0586. The van der Waals surface area contributed by atoms with Crippen molar-refractivity contribution >= 4 is 11.6 Å². The molecular weight excluding hydrogens is 308 g/mol. The summed E-state index contributed by atoms with van der Waals surface area (Å²) in [5, 5.41) is 15.0. The van der Waals surface area contributed by atoms with Crippen LogP contribution in [0, 0.1) is 19.8 Å². The van der Waals surface area contributed by atoms with Gasteiger partial charge in [0.05, 0.1) is 12.6 Å². The van der Waals surface area contributed by atoms with Crippen LogP contribution in [0.2, 0.25) is 0 Å². The lowest BCUT2D eigenvalue weighted by molar-refractivity contribution is -0.122. The van der Waals surface area contributed by atoms with Gasteiger partial charge in [-0.1, -0.05) is 20.3 Å². The van der Waals surface area contributed by atoms with E-state index in [1.165, 1.54) is 6.07 Å². The summed E-state index contributed by atoms with van der Waals surface area (Å²) in [5.74, 6) is 0.139. The molecule has 0 saturated heterocycles. The van der Waals surface area contributed by atoms with Crippen LogP contribution in [0.4, 0.5) is 0 Å². The van der Waals surface area contributed by atoms with E-state index in [-0.39, 0.29) is 30.0 Å². The van der Waals surface area contributed by atoms with Crippen molar-refractivity contribution in [2.45, 2.75) is 53.0 Å². The van der Waals surface area contributed by atoms with Crippen molar-refractivity contribution in [3.05, 3.63) is 33.4 Å². The number of amides is 1. The Balaban J connectivity index is 2.10. The molecule has 24 heavy (non-hydrogen) atoms. The molecule has 2 heterocycles. The molecule has 0 aromatic carbocycles. The van der Waals surface area contributed by atoms with Crippen LogP contribution in [-0.4, -0.2) is 38.3 Å². The number of fused-ring (bicyclic) bond motifs is 1. The van der Waals surface area contributed by atoms with Crippen LogP contribution in [0.1, 0.15) is 43.6 Å². The highest BCUT2D eigenvalue weighted by Crippen LogP contribution is 2.15. The number of carbonyl (C=O) groups is 1. The largest absolute Gasteiger partial charge is 0.394 e. The minimum Gasteiger partial charge on any atom is -0.394 e. The lowest BCUT2D eigenvalue weighted by atomic mass is 9.99. The zero-order valence-corrected chi connectivity index (χ0v) is 14.7. The van der Waals surface area contributed by atoms with Gasteiger partial charge in [0.15, 0.2) is 5.65 Å². The molecule has 0 aliphatic rings. The fraction of sp³-hybridized carbons (Fsp3) is 0.588. The molecular formula is C17H26N4O3. The molecule has 2 rings (SSSR count). The maximum atomic E-state index is 12.2. The van der Waals surface area contributed by atoms with E-state index < -0.39 is 0 Å². The van der Waals surface area contributed by atoms with E-state index in [0.717, 1.165) is 23.4 Å². The third-order valence-corrected chi connectivity index (χ3v) is 4.68. The number of aromatic amines is 1. The summed E-state index contributed by atoms with van der Waals surface area (Å²) in [5.41, 5.74) is 3.04. The molecule has 2 atom stereocenters. The highest BCUT2D eigenvalue weighted by Gasteiger charge is 2.18.